The van der Waals surface area contributed by atoms with Crippen LogP contribution in [0.15, 0.2) is 29.4 Å². The molecule has 0 radical (unpaired) electrons. The van der Waals surface area contributed by atoms with Crippen LogP contribution >= 0.6 is 11.8 Å². The van der Waals surface area contributed by atoms with Gasteiger partial charge in [0.15, 0.2) is 5.16 Å². The number of rotatable bonds is 8. The van der Waals surface area contributed by atoms with Crippen LogP contribution in [0.2, 0.25) is 0 Å². The maximum Gasteiger partial charge on any atom is 0.237 e. The molecular formula is C20H28FN5O2S. The zero-order valence-electron chi connectivity index (χ0n) is 17.1. The Morgan fingerprint density at radius 3 is 2.55 bits per heavy atom. The van der Waals surface area contributed by atoms with E-state index in [-0.39, 0.29) is 17.0 Å². The maximum atomic E-state index is 13.1. The van der Waals surface area contributed by atoms with Crippen molar-refractivity contribution < 1.29 is 13.9 Å². The fourth-order valence-electron chi connectivity index (χ4n) is 3.10. The van der Waals surface area contributed by atoms with Crippen molar-refractivity contribution in [1.82, 2.24) is 14.8 Å². The Kier molecular flexibility index (Phi) is 7.49. The van der Waals surface area contributed by atoms with E-state index in [1.165, 1.54) is 23.9 Å². The summed E-state index contributed by atoms with van der Waals surface area (Å²) in [5.41, 5.74) is 0.577. The van der Waals surface area contributed by atoms with E-state index in [9.17, 15) is 9.18 Å². The number of aromatic nitrogens is 3. The molecule has 0 bridgehead atoms. The molecule has 0 spiro atoms. The number of nitrogens with one attached hydrogen (secondary N) is 1. The quantitative estimate of drug-likeness (QED) is 0.659. The number of hydrogen-bond donors (Lipinski definition) is 1. The summed E-state index contributed by atoms with van der Waals surface area (Å²) in [4.78, 5) is 14.9. The molecule has 9 heteroatoms. The molecule has 1 aliphatic heterocycles. The van der Waals surface area contributed by atoms with Gasteiger partial charge in [0, 0.05) is 25.3 Å². The lowest BCUT2D eigenvalue weighted by Gasteiger charge is -2.28. The number of anilines is 2. The van der Waals surface area contributed by atoms with Gasteiger partial charge in [0.2, 0.25) is 11.9 Å². The number of carbonyl (C=O) groups is 1. The monoisotopic (exact) mass is 421 g/mol. The van der Waals surface area contributed by atoms with Crippen molar-refractivity contribution in [2.45, 2.75) is 44.1 Å². The van der Waals surface area contributed by atoms with Crippen LogP contribution in [0.25, 0.3) is 0 Å². The van der Waals surface area contributed by atoms with Gasteiger partial charge in [-0.25, -0.2) is 4.39 Å². The van der Waals surface area contributed by atoms with Crippen molar-refractivity contribution in [2.24, 2.45) is 5.92 Å². The highest BCUT2D eigenvalue weighted by Gasteiger charge is 2.25. The van der Waals surface area contributed by atoms with Gasteiger partial charge in [-0.3, -0.25) is 9.36 Å². The van der Waals surface area contributed by atoms with Crippen molar-refractivity contribution in [1.29, 1.82) is 0 Å². The minimum atomic E-state index is -0.332. The molecule has 1 aromatic carbocycles. The van der Waals surface area contributed by atoms with E-state index in [0.717, 1.165) is 30.7 Å². The molecule has 3 rings (SSSR count). The van der Waals surface area contributed by atoms with E-state index in [0.29, 0.717) is 31.2 Å². The molecule has 1 aromatic heterocycles. The number of ether oxygens (including phenoxy) is 1. The smallest absolute Gasteiger partial charge is 0.237 e. The molecular weight excluding hydrogens is 393 g/mol. The highest BCUT2D eigenvalue weighted by molar-refractivity contribution is 8.00. The summed E-state index contributed by atoms with van der Waals surface area (Å²) in [6.45, 7) is 9.95. The van der Waals surface area contributed by atoms with Crippen molar-refractivity contribution in [2.75, 3.05) is 36.5 Å². The van der Waals surface area contributed by atoms with Crippen molar-refractivity contribution in [3.8, 4) is 0 Å². The van der Waals surface area contributed by atoms with Crippen LogP contribution in [0.1, 0.15) is 27.2 Å². The van der Waals surface area contributed by atoms with E-state index in [1.54, 1.807) is 12.1 Å². The van der Waals surface area contributed by atoms with Crippen LogP contribution in [0, 0.1) is 11.7 Å². The summed E-state index contributed by atoms with van der Waals surface area (Å²) in [6, 6.07) is 5.78. The third kappa shape index (κ3) is 5.70. The summed E-state index contributed by atoms with van der Waals surface area (Å²) in [6.07, 6.45) is 0.638. The van der Waals surface area contributed by atoms with Gasteiger partial charge in [0.1, 0.15) is 5.82 Å². The molecule has 0 saturated carbocycles. The van der Waals surface area contributed by atoms with Crippen LogP contribution in [-0.2, 0) is 16.1 Å². The average Bonchev–Trinajstić information content (AvgIpc) is 3.10. The predicted octanol–water partition coefficient (Wildman–Crippen LogP) is 3.42. The summed E-state index contributed by atoms with van der Waals surface area (Å²) in [7, 11) is 0. The summed E-state index contributed by atoms with van der Waals surface area (Å²) < 4.78 is 20.6. The van der Waals surface area contributed by atoms with Crippen molar-refractivity contribution in [3.05, 3.63) is 30.1 Å². The first-order valence-corrected chi connectivity index (χ1v) is 10.8. The minimum absolute atomic E-state index is 0.129. The van der Waals surface area contributed by atoms with E-state index >= 15 is 0 Å². The number of halogens is 1. The second-order valence-electron chi connectivity index (χ2n) is 7.40. The fraction of sp³-hybridized carbons (Fsp3) is 0.550. The van der Waals surface area contributed by atoms with E-state index in [4.69, 9.17) is 4.74 Å². The molecule has 29 heavy (non-hydrogen) atoms. The molecule has 7 nitrogen and oxygen atoms in total. The van der Waals surface area contributed by atoms with Gasteiger partial charge in [0.25, 0.3) is 0 Å². The molecule has 1 aliphatic rings. The Labute approximate surface area is 175 Å². The zero-order valence-corrected chi connectivity index (χ0v) is 17.9. The van der Waals surface area contributed by atoms with Gasteiger partial charge >= 0.3 is 0 Å². The maximum absolute atomic E-state index is 13.1. The van der Waals surface area contributed by atoms with Crippen LogP contribution in [0.5, 0.6) is 0 Å². The highest BCUT2D eigenvalue weighted by atomic mass is 32.2. The van der Waals surface area contributed by atoms with Gasteiger partial charge in [-0.15, -0.1) is 10.2 Å². The predicted molar refractivity (Wildman–Crippen MR) is 113 cm³/mol. The highest BCUT2D eigenvalue weighted by Crippen LogP contribution is 2.29. The summed E-state index contributed by atoms with van der Waals surface area (Å²) >= 11 is 1.42. The standard InChI is InChI=1S/C20H28FN5O2S/c1-4-17(18(27)22-16-7-5-15(21)6-8-16)29-20-24-23-19(26(20)13-14(2)3)25-9-11-28-12-10-25/h5-8,14,17H,4,9-13H2,1-3H3,(H,22,27). The Hall–Kier alpha value is -2.13. The number of benzene rings is 1. The average molecular weight is 422 g/mol. The molecule has 2 heterocycles. The van der Waals surface area contributed by atoms with Crippen LogP contribution in [0.4, 0.5) is 16.0 Å². The molecule has 158 valence electrons. The Bertz CT molecular complexity index is 806. The minimum Gasteiger partial charge on any atom is -0.378 e. The van der Waals surface area contributed by atoms with Crippen LogP contribution in [0.3, 0.4) is 0 Å². The van der Waals surface area contributed by atoms with Gasteiger partial charge in [-0.2, -0.15) is 0 Å². The van der Waals surface area contributed by atoms with Gasteiger partial charge in [0.05, 0.1) is 18.5 Å². The molecule has 1 N–H and O–H groups in total. The molecule has 0 aliphatic carbocycles. The van der Waals surface area contributed by atoms with E-state index < -0.39 is 0 Å². The van der Waals surface area contributed by atoms with Crippen LogP contribution < -0.4 is 10.2 Å². The second-order valence-corrected chi connectivity index (χ2v) is 8.57. The first kappa shape index (κ1) is 21.6. The number of morpholine rings is 1. The molecule has 1 amide bonds. The molecule has 1 unspecified atom stereocenters. The first-order valence-electron chi connectivity index (χ1n) is 9.97. The Balaban J connectivity index is 1.76. The third-order valence-electron chi connectivity index (χ3n) is 4.56. The summed E-state index contributed by atoms with van der Waals surface area (Å²) in [5, 5.41) is 12.1. The van der Waals surface area contributed by atoms with Gasteiger partial charge in [-0.05, 0) is 36.6 Å². The fourth-order valence-corrected chi connectivity index (χ4v) is 4.05. The SMILES string of the molecule is CCC(Sc1nnc(N2CCOCC2)n1CC(C)C)C(=O)Nc1ccc(F)cc1. The molecule has 1 saturated heterocycles. The topological polar surface area (TPSA) is 72.3 Å². The van der Waals surface area contributed by atoms with E-state index in [2.05, 4.69) is 38.8 Å². The lowest BCUT2D eigenvalue weighted by molar-refractivity contribution is -0.115. The number of thioether (sulfide) groups is 1. The van der Waals surface area contributed by atoms with Crippen molar-refractivity contribution >= 4 is 29.3 Å². The number of amides is 1. The van der Waals surface area contributed by atoms with Gasteiger partial charge < -0.3 is 15.0 Å². The Morgan fingerprint density at radius 1 is 1.24 bits per heavy atom. The molecule has 1 atom stereocenters. The van der Waals surface area contributed by atoms with E-state index in [1.807, 2.05) is 6.92 Å². The summed E-state index contributed by atoms with van der Waals surface area (Å²) in [5.74, 6) is 0.787. The zero-order chi connectivity index (χ0) is 20.8. The van der Waals surface area contributed by atoms with Crippen molar-refractivity contribution in [3.63, 3.8) is 0 Å². The second kappa shape index (κ2) is 10.1. The third-order valence-corrected chi connectivity index (χ3v) is 5.91. The normalized spacial score (nSPS) is 15.6. The lowest BCUT2D eigenvalue weighted by Crippen LogP contribution is -2.38. The Morgan fingerprint density at radius 2 is 1.93 bits per heavy atom. The number of hydrogen-bond acceptors (Lipinski definition) is 6. The number of nitrogens with zero attached hydrogens (tertiary/aromatic N) is 4. The largest absolute Gasteiger partial charge is 0.378 e. The first-order chi connectivity index (χ1) is 14.0. The number of carbonyl (C=O) groups excluding carboxylic acids is 1. The lowest BCUT2D eigenvalue weighted by atomic mass is 10.2. The van der Waals surface area contributed by atoms with Crippen LogP contribution in [-0.4, -0.2) is 52.2 Å². The van der Waals surface area contributed by atoms with Gasteiger partial charge in [-0.1, -0.05) is 32.5 Å². The molecule has 2 aromatic rings. The molecule has 1 fully saturated rings.